The van der Waals surface area contributed by atoms with Crippen LogP contribution < -0.4 is 5.56 Å². The number of aryl methyl sites for hydroxylation is 1. The molecule has 5 rings (SSSR count). The molecule has 0 radical (unpaired) electrons. The molecule has 0 spiro atoms. The molecule has 7 heteroatoms. The summed E-state index contributed by atoms with van der Waals surface area (Å²) in [6, 6.07) is 12.2. The lowest BCUT2D eigenvalue weighted by Gasteiger charge is -2.10. The zero-order valence-electron chi connectivity index (χ0n) is 16.4. The summed E-state index contributed by atoms with van der Waals surface area (Å²) in [5.41, 5.74) is 5.82. The number of fused-ring (bicyclic) bond motifs is 2. The van der Waals surface area contributed by atoms with Gasteiger partial charge in [-0.05, 0) is 42.9 Å². The summed E-state index contributed by atoms with van der Waals surface area (Å²) in [7, 11) is 0. The van der Waals surface area contributed by atoms with E-state index in [1.54, 1.807) is 0 Å². The first-order valence-electron chi connectivity index (χ1n) is 9.76. The number of hydrogen-bond acceptors (Lipinski definition) is 6. The minimum atomic E-state index is -0.130. The van der Waals surface area contributed by atoms with Gasteiger partial charge in [-0.2, -0.15) is 5.26 Å². The van der Waals surface area contributed by atoms with Crippen LogP contribution in [-0.2, 0) is 18.6 Å². The van der Waals surface area contributed by atoms with Crippen molar-refractivity contribution in [1.82, 2.24) is 15.0 Å². The molecular formula is C23H18N4OS2. The number of nitriles is 1. The highest BCUT2D eigenvalue weighted by Crippen LogP contribution is 2.34. The quantitative estimate of drug-likeness (QED) is 0.460. The van der Waals surface area contributed by atoms with Gasteiger partial charge in [-0.1, -0.05) is 42.1 Å². The van der Waals surface area contributed by atoms with Gasteiger partial charge in [0, 0.05) is 16.6 Å². The van der Waals surface area contributed by atoms with Crippen LogP contribution in [0.25, 0.3) is 21.3 Å². The highest BCUT2D eigenvalue weighted by atomic mass is 32.2. The van der Waals surface area contributed by atoms with Gasteiger partial charge in [-0.3, -0.25) is 4.79 Å². The number of pyridine rings is 1. The molecule has 0 bridgehead atoms. The Kier molecular flexibility index (Phi) is 4.89. The minimum absolute atomic E-state index is 0.130. The Morgan fingerprint density at radius 1 is 1.23 bits per heavy atom. The summed E-state index contributed by atoms with van der Waals surface area (Å²) >= 11 is 2.94. The van der Waals surface area contributed by atoms with Gasteiger partial charge in [0.15, 0.2) is 0 Å². The van der Waals surface area contributed by atoms with Crippen LogP contribution in [0, 0.1) is 18.3 Å². The number of aromatic nitrogens is 3. The number of aromatic amines is 1. The molecular weight excluding hydrogens is 412 g/mol. The standard InChI is InChI=1S/C23H18N4OS2/c1-13-15-8-5-9-18(15)25-22(16(13)10-24)30-12-19-26-21(28)20-17(11-29-23(20)27-19)14-6-3-2-4-7-14/h2-4,6-7,11H,5,8-9,12H2,1H3,(H,26,27,28). The molecule has 3 aromatic heterocycles. The molecule has 4 aromatic rings. The number of H-pyrrole nitrogens is 1. The molecule has 1 N–H and O–H groups in total. The SMILES string of the molecule is Cc1c(C#N)c(SCc2nc3scc(-c4ccccc4)c3c(=O)[nH]2)nc2c1CCC2. The molecule has 0 atom stereocenters. The fourth-order valence-electron chi connectivity index (χ4n) is 4.01. The molecule has 0 unspecified atom stereocenters. The van der Waals surface area contributed by atoms with Crippen molar-refractivity contribution in [3.8, 4) is 17.2 Å². The van der Waals surface area contributed by atoms with Crippen molar-refractivity contribution in [3.05, 3.63) is 74.3 Å². The monoisotopic (exact) mass is 430 g/mol. The Balaban J connectivity index is 1.47. The van der Waals surface area contributed by atoms with Gasteiger partial charge in [0.05, 0.1) is 16.7 Å². The van der Waals surface area contributed by atoms with Gasteiger partial charge >= 0.3 is 0 Å². The first-order chi connectivity index (χ1) is 14.7. The van der Waals surface area contributed by atoms with Crippen molar-refractivity contribution in [2.75, 3.05) is 0 Å². The van der Waals surface area contributed by atoms with Crippen LogP contribution in [0.3, 0.4) is 0 Å². The number of rotatable bonds is 4. The Bertz CT molecular complexity index is 1370. The average molecular weight is 431 g/mol. The number of thioether (sulfide) groups is 1. The highest BCUT2D eigenvalue weighted by Gasteiger charge is 2.21. The van der Waals surface area contributed by atoms with Crippen molar-refractivity contribution in [1.29, 1.82) is 5.26 Å². The number of nitrogens with zero attached hydrogens (tertiary/aromatic N) is 3. The molecule has 30 heavy (non-hydrogen) atoms. The van der Waals surface area contributed by atoms with E-state index < -0.39 is 0 Å². The topological polar surface area (TPSA) is 82.4 Å². The van der Waals surface area contributed by atoms with Gasteiger partial charge < -0.3 is 4.98 Å². The van der Waals surface area contributed by atoms with E-state index in [1.807, 2.05) is 42.6 Å². The van der Waals surface area contributed by atoms with Crippen LogP contribution in [0.15, 0.2) is 45.5 Å². The van der Waals surface area contributed by atoms with E-state index in [0.29, 0.717) is 22.5 Å². The summed E-state index contributed by atoms with van der Waals surface area (Å²) in [5.74, 6) is 1.06. The van der Waals surface area contributed by atoms with Crippen LogP contribution in [0.2, 0.25) is 0 Å². The second kappa shape index (κ2) is 7.71. The maximum Gasteiger partial charge on any atom is 0.260 e. The average Bonchev–Trinajstić information content (AvgIpc) is 3.40. The molecule has 148 valence electrons. The normalized spacial score (nSPS) is 12.8. The number of benzene rings is 1. The lowest BCUT2D eigenvalue weighted by molar-refractivity contribution is 0.890. The molecule has 1 aliphatic rings. The van der Waals surface area contributed by atoms with Gasteiger partial charge in [0.1, 0.15) is 21.7 Å². The van der Waals surface area contributed by atoms with Crippen molar-refractivity contribution in [2.24, 2.45) is 0 Å². The van der Waals surface area contributed by atoms with Crippen LogP contribution in [0.5, 0.6) is 0 Å². The van der Waals surface area contributed by atoms with Crippen LogP contribution in [0.1, 0.15) is 34.6 Å². The van der Waals surface area contributed by atoms with Crippen LogP contribution >= 0.6 is 23.1 Å². The minimum Gasteiger partial charge on any atom is -0.309 e. The Labute approximate surface area is 181 Å². The van der Waals surface area contributed by atoms with Crippen molar-refractivity contribution in [3.63, 3.8) is 0 Å². The lowest BCUT2D eigenvalue weighted by Crippen LogP contribution is -2.11. The zero-order chi connectivity index (χ0) is 20.7. The van der Waals surface area contributed by atoms with E-state index in [9.17, 15) is 10.1 Å². The van der Waals surface area contributed by atoms with E-state index in [4.69, 9.17) is 4.98 Å². The second-order valence-electron chi connectivity index (χ2n) is 7.30. The molecule has 0 saturated carbocycles. The second-order valence-corrected chi connectivity index (χ2v) is 9.13. The number of hydrogen-bond donors (Lipinski definition) is 1. The summed E-state index contributed by atoms with van der Waals surface area (Å²) in [6.45, 7) is 2.01. The van der Waals surface area contributed by atoms with Crippen molar-refractivity contribution in [2.45, 2.75) is 37.0 Å². The summed E-state index contributed by atoms with van der Waals surface area (Å²) < 4.78 is 0. The smallest absolute Gasteiger partial charge is 0.260 e. The van der Waals surface area contributed by atoms with Gasteiger partial charge in [0.25, 0.3) is 5.56 Å². The molecule has 5 nitrogen and oxygen atoms in total. The Morgan fingerprint density at radius 2 is 2.07 bits per heavy atom. The lowest BCUT2D eigenvalue weighted by atomic mass is 10.0. The maximum atomic E-state index is 12.8. The first-order valence-corrected chi connectivity index (χ1v) is 11.6. The predicted molar refractivity (Wildman–Crippen MR) is 121 cm³/mol. The molecule has 0 saturated heterocycles. The number of nitrogens with one attached hydrogen (secondary N) is 1. The Morgan fingerprint density at radius 3 is 2.87 bits per heavy atom. The van der Waals surface area contributed by atoms with Gasteiger partial charge in [-0.25, -0.2) is 9.97 Å². The van der Waals surface area contributed by atoms with E-state index in [0.717, 1.165) is 51.5 Å². The molecule has 1 aliphatic carbocycles. The first kappa shape index (κ1) is 19.0. The maximum absolute atomic E-state index is 12.8. The van der Waals surface area contributed by atoms with Crippen LogP contribution in [-0.4, -0.2) is 15.0 Å². The summed E-state index contributed by atoms with van der Waals surface area (Å²) in [4.78, 5) is 25.9. The number of thiophene rings is 1. The molecule has 0 amide bonds. The van der Waals surface area contributed by atoms with Crippen molar-refractivity contribution < 1.29 is 0 Å². The van der Waals surface area contributed by atoms with E-state index >= 15 is 0 Å². The molecule has 1 aromatic carbocycles. The van der Waals surface area contributed by atoms with E-state index in [1.165, 1.54) is 28.7 Å². The third-order valence-corrected chi connectivity index (χ3v) is 7.36. The van der Waals surface area contributed by atoms with Crippen molar-refractivity contribution >= 4 is 33.3 Å². The zero-order valence-corrected chi connectivity index (χ0v) is 18.0. The predicted octanol–water partition coefficient (Wildman–Crippen LogP) is 5.01. The van der Waals surface area contributed by atoms with E-state index in [-0.39, 0.29) is 5.56 Å². The van der Waals surface area contributed by atoms with E-state index in [2.05, 4.69) is 16.0 Å². The fraction of sp³-hybridized carbons (Fsp3) is 0.217. The third kappa shape index (κ3) is 3.22. The fourth-order valence-corrected chi connectivity index (χ4v) is 5.90. The van der Waals surface area contributed by atoms with Crippen LogP contribution in [0.4, 0.5) is 0 Å². The van der Waals surface area contributed by atoms with Gasteiger partial charge in [0.2, 0.25) is 0 Å². The molecule has 3 heterocycles. The molecule has 0 aliphatic heterocycles. The Hall–Kier alpha value is -2.95. The van der Waals surface area contributed by atoms with Gasteiger partial charge in [-0.15, -0.1) is 11.3 Å². The highest BCUT2D eigenvalue weighted by molar-refractivity contribution is 7.98. The largest absolute Gasteiger partial charge is 0.309 e. The molecule has 0 fully saturated rings. The summed E-state index contributed by atoms with van der Waals surface area (Å²) in [6.07, 6.45) is 3.06. The summed E-state index contributed by atoms with van der Waals surface area (Å²) in [5, 5.41) is 13.0. The third-order valence-electron chi connectivity index (χ3n) is 5.50.